The molecule has 1 heterocycles. The van der Waals surface area contributed by atoms with E-state index in [0.717, 1.165) is 5.92 Å². The second-order valence-electron chi connectivity index (χ2n) is 5.64. The number of nitrogens with zero attached hydrogens (tertiary/aromatic N) is 1. The molecule has 1 aliphatic heterocycles. The van der Waals surface area contributed by atoms with Crippen LogP contribution in [0.2, 0.25) is 0 Å². The van der Waals surface area contributed by atoms with Crippen LogP contribution in [-0.4, -0.2) is 11.8 Å². The summed E-state index contributed by atoms with van der Waals surface area (Å²) in [5, 5.41) is 0. The Balaban J connectivity index is 2.06. The lowest BCUT2D eigenvalue weighted by atomic mass is 9.88. The molecule has 2 rings (SSSR count). The minimum Gasteiger partial charge on any atom is -0.286 e. The second-order valence-corrected chi connectivity index (χ2v) is 5.64. The third-order valence-electron chi connectivity index (χ3n) is 3.95. The molecule has 1 heteroatoms. The molecule has 2 atom stereocenters. The highest BCUT2D eigenvalue weighted by Crippen LogP contribution is 2.28. The first-order chi connectivity index (χ1) is 7.77. The maximum absolute atomic E-state index is 4.98. The van der Waals surface area contributed by atoms with Crippen LogP contribution in [0.5, 0.6) is 0 Å². The molecule has 1 saturated carbocycles. The van der Waals surface area contributed by atoms with Crippen molar-refractivity contribution in [2.75, 3.05) is 0 Å². The van der Waals surface area contributed by atoms with Gasteiger partial charge >= 0.3 is 0 Å². The monoisotopic (exact) mass is 219 g/mol. The van der Waals surface area contributed by atoms with Crippen LogP contribution in [0.3, 0.4) is 0 Å². The fraction of sp³-hybridized carbons (Fsp3) is 0.800. The lowest BCUT2D eigenvalue weighted by molar-refractivity contribution is 0.434. The Morgan fingerprint density at radius 2 is 1.75 bits per heavy atom. The van der Waals surface area contributed by atoms with Gasteiger partial charge in [-0.15, -0.1) is 0 Å². The van der Waals surface area contributed by atoms with E-state index in [1.54, 1.807) is 0 Å². The number of rotatable bonds is 1. The molecule has 16 heavy (non-hydrogen) atoms. The van der Waals surface area contributed by atoms with Crippen LogP contribution in [-0.2, 0) is 0 Å². The van der Waals surface area contributed by atoms with Gasteiger partial charge in [-0.2, -0.15) is 0 Å². The summed E-state index contributed by atoms with van der Waals surface area (Å²) in [5.41, 5.74) is 1.32. The van der Waals surface area contributed by atoms with Gasteiger partial charge in [0.05, 0.1) is 6.04 Å². The quantitative estimate of drug-likeness (QED) is 0.620. The average molecular weight is 219 g/mol. The van der Waals surface area contributed by atoms with Crippen molar-refractivity contribution in [3.8, 4) is 0 Å². The molecule has 0 aromatic heterocycles. The molecule has 0 radical (unpaired) electrons. The third kappa shape index (κ3) is 2.96. The summed E-state index contributed by atoms with van der Waals surface area (Å²) in [6.07, 6.45) is 14.5. The maximum atomic E-state index is 4.98. The van der Waals surface area contributed by atoms with Crippen LogP contribution >= 0.6 is 0 Å². The molecule has 0 saturated heterocycles. The van der Waals surface area contributed by atoms with Gasteiger partial charge in [0.1, 0.15) is 0 Å². The summed E-state index contributed by atoms with van der Waals surface area (Å²) in [6, 6.07) is 0.598. The van der Waals surface area contributed by atoms with Gasteiger partial charge in [0.2, 0.25) is 0 Å². The van der Waals surface area contributed by atoms with Gasteiger partial charge in [0, 0.05) is 5.71 Å². The van der Waals surface area contributed by atoms with Crippen molar-refractivity contribution < 1.29 is 0 Å². The Hall–Kier alpha value is -0.590. The van der Waals surface area contributed by atoms with E-state index >= 15 is 0 Å². The highest BCUT2D eigenvalue weighted by molar-refractivity contribution is 5.97. The molecule has 0 bridgehead atoms. The zero-order valence-corrected chi connectivity index (χ0v) is 10.8. The molecule has 0 N–H and O–H groups in total. The van der Waals surface area contributed by atoms with Gasteiger partial charge in [-0.1, -0.05) is 52.0 Å². The first-order valence-electron chi connectivity index (χ1n) is 7.03. The number of hydrogen-bond acceptors (Lipinski definition) is 1. The van der Waals surface area contributed by atoms with Gasteiger partial charge in [-0.3, -0.25) is 4.99 Å². The van der Waals surface area contributed by atoms with E-state index in [-0.39, 0.29) is 0 Å². The molecular weight excluding hydrogens is 194 g/mol. The minimum absolute atomic E-state index is 0.588. The summed E-state index contributed by atoms with van der Waals surface area (Å²) in [7, 11) is 0. The van der Waals surface area contributed by atoms with Gasteiger partial charge in [-0.05, 0) is 30.8 Å². The lowest BCUT2D eigenvalue weighted by Gasteiger charge is -2.26. The van der Waals surface area contributed by atoms with Crippen LogP contribution in [0.4, 0.5) is 0 Å². The number of fused-ring (bicyclic) bond motifs is 1. The van der Waals surface area contributed by atoms with E-state index < -0.39 is 0 Å². The maximum Gasteiger partial charge on any atom is 0.0565 e. The van der Waals surface area contributed by atoms with Crippen LogP contribution in [0.15, 0.2) is 17.1 Å². The van der Waals surface area contributed by atoms with Crippen LogP contribution in [0.25, 0.3) is 0 Å². The smallest absolute Gasteiger partial charge is 0.0565 e. The Bertz CT molecular complexity index is 275. The molecule has 1 aliphatic carbocycles. The molecule has 0 aromatic carbocycles. The van der Waals surface area contributed by atoms with E-state index in [4.69, 9.17) is 4.99 Å². The molecule has 1 fully saturated rings. The van der Waals surface area contributed by atoms with Crippen molar-refractivity contribution in [3.05, 3.63) is 12.2 Å². The van der Waals surface area contributed by atoms with Gasteiger partial charge < -0.3 is 0 Å². The fourth-order valence-electron chi connectivity index (χ4n) is 2.85. The first-order valence-corrected chi connectivity index (χ1v) is 7.03. The summed E-state index contributed by atoms with van der Waals surface area (Å²) in [6.45, 7) is 4.50. The topological polar surface area (TPSA) is 12.4 Å². The number of aliphatic imine (C=N–C) groups is 1. The second kappa shape index (κ2) is 5.65. The normalized spacial score (nSPS) is 31.3. The molecule has 0 amide bonds. The Morgan fingerprint density at radius 3 is 2.50 bits per heavy atom. The lowest BCUT2D eigenvalue weighted by Crippen LogP contribution is -2.24. The van der Waals surface area contributed by atoms with E-state index in [1.807, 2.05) is 0 Å². The number of dihydropyridines is 1. The van der Waals surface area contributed by atoms with Crippen molar-refractivity contribution in [2.24, 2.45) is 16.8 Å². The molecule has 90 valence electrons. The predicted molar refractivity (Wildman–Crippen MR) is 71.0 cm³/mol. The fourth-order valence-corrected chi connectivity index (χ4v) is 2.85. The zero-order valence-electron chi connectivity index (χ0n) is 10.8. The first kappa shape index (κ1) is 11.9. The summed E-state index contributed by atoms with van der Waals surface area (Å²) >= 11 is 0. The van der Waals surface area contributed by atoms with Gasteiger partial charge in [0.15, 0.2) is 0 Å². The van der Waals surface area contributed by atoms with Crippen LogP contribution < -0.4 is 0 Å². The summed E-state index contributed by atoms with van der Waals surface area (Å²) < 4.78 is 0. The molecule has 2 unspecified atom stereocenters. The summed E-state index contributed by atoms with van der Waals surface area (Å²) in [4.78, 5) is 4.98. The Labute approximate surface area is 100 Å². The van der Waals surface area contributed by atoms with E-state index in [0.29, 0.717) is 12.0 Å². The predicted octanol–water partition coefficient (Wildman–Crippen LogP) is 4.38. The van der Waals surface area contributed by atoms with E-state index in [2.05, 4.69) is 26.0 Å². The van der Waals surface area contributed by atoms with Gasteiger partial charge in [-0.25, -0.2) is 0 Å². The van der Waals surface area contributed by atoms with E-state index in [9.17, 15) is 0 Å². The third-order valence-corrected chi connectivity index (χ3v) is 3.95. The molecule has 0 spiro atoms. The van der Waals surface area contributed by atoms with Crippen molar-refractivity contribution in [2.45, 2.75) is 64.8 Å². The summed E-state index contributed by atoms with van der Waals surface area (Å²) in [5.74, 6) is 1.32. The van der Waals surface area contributed by atoms with Crippen molar-refractivity contribution >= 4 is 5.71 Å². The van der Waals surface area contributed by atoms with E-state index in [1.165, 1.54) is 50.7 Å². The van der Waals surface area contributed by atoms with Crippen molar-refractivity contribution in [1.29, 1.82) is 0 Å². The zero-order chi connectivity index (χ0) is 11.4. The average Bonchev–Trinajstić information content (AvgIpc) is 2.39. The Morgan fingerprint density at radius 1 is 1.06 bits per heavy atom. The highest BCUT2D eigenvalue weighted by atomic mass is 14.8. The highest BCUT2D eigenvalue weighted by Gasteiger charge is 2.23. The largest absolute Gasteiger partial charge is 0.286 e. The Kier molecular flexibility index (Phi) is 4.20. The van der Waals surface area contributed by atoms with Gasteiger partial charge in [0.25, 0.3) is 0 Å². The number of allylic oxidation sites excluding steroid dienone is 1. The molecule has 0 aromatic rings. The number of hydrogen-bond donors (Lipinski definition) is 0. The van der Waals surface area contributed by atoms with Crippen LogP contribution in [0, 0.1) is 11.8 Å². The van der Waals surface area contributed by atoms with Crippen molar-refractivity contribution in [1.82, 2.24) is 0 Å². The SMILES string of the molecule is CC(C)C1=NC2CCCCCCCC2C=C1. The standard InChI is InChI=1S/C15H25N/c1-12(2)14-11-10-13-8-6-4-3-5-7-9-15(13)16-14/h10-13,15H,3-9H2,1-2H3. The molecule has 2 aliphatic rings. The minimum atomic E-state index is 0.588. The van der Waals surface area contributed by atoms with Crippen LogP contribution in [0.1, 0.15) is 58.8 Å². The molecule has 1 nitrogen and oxygen atoms in total. The van der Waals surface area contributed by atoms with Crippen molar-refractivity contribution in [3.63, 3.8) is 0 Å². The molecular formula is C15H25N.